The number of aromatic nitrogens is 1. The first-order valence-corrected chi connectivity index (χ1v) is 10.5. The second kappa shape index (κ2) is 9.46. The van der Waals surface area contributed by atoms with E-state index in [0.29, 0.717) is 43.2 Å². The summed E-state index contributed by atoms with van der Waals surface area (Å²) in [6, 6.07) is 0. The smallest absolute Gasteiger partial charge is 0.407 e. The predicted molar refractivity (Wildman–Crippen MR) is 112 cm³/mol. The topological polar surface area (TPSA) is 91.5 Å². The average molecular weight is 406 g/mol. The van der Waals surface area contributed by atoms with Crippen LogP contribution in [0, 0.1) is 12.8 Å². The van der Waals surface area contributed by atoms with Crippen LogP contribution in [0.4, 0.5) is 4.79 Å². The van der Waals surface area contributed by atoms with Gasteiger partial charge in [0.05, 0.1) is 0 Å². The van der Waals surface area contributed by atoms with E-state index in [2.05, 4.69) is 10.3 Å². The molecule has 1 saturated heterocycles. The number of piperidine rings is 1. The number of aryl methyl sites for hydroxylation is 1. The van der Waals surface area contributed by atoms with Crippen LogP contribution in [0.2, 0.25) is 0 Å². The Hall–Kier alpha value is -2.31. The molecule has 1 aromatic heterocycles. The Kier molecular flexibility index (Phi) is 7.49. The Morgan fingerprint density at radius 1 is 1.21 bits per heavy atom. The van der Waals surface area contributed by atoms with E-state index in [1.165, 1.54) is 0 Å². The lowest BCUT2D eigenvalue weighted by molar-refractivity contribution is 0.0499. The molecule has 0 spiro atoms. The number of rotatable bonds is 6. The van der Waals surface area contributed by atoms with Crippen LogP contribution in [0.5, 0.6) is 0 Å². The third-order valence-corrected chi connectivity index (χ3v) is 5.19. The van der Waals surface area contributed by atoms with Crippen LogP contribution in [0.25, 0.3) is 0 Å². The molecule has 0 atom stereocenters. The number of amides is 2. The molecule has 2 amide bonds. The highest BCUT2D eigenvalue weighted by Gasteiger charge is 2.29. The number of aromatic amines is 1. The Morgan fingerprint density at radius 3 is 2.34 bits per heavy atom. The van der Waals surface area contributed by atoms with Crippen LogP contribution < -0.4 is 5.32 Å². The highest BCUT2D eigenvalue weighted by atomic mass is 16.6. The van der Waals surface area contributed by atoms with Gasteiger partial charge in [-0.15, -0.1) is 0 Å². The molecule has 162 valence electrons. The first-order chi connectivity index (χ1) is 13.5. The molecule has 7 nitrogen and oxygen atoms in total. The maximum Gasteiger partial charge on any atom is 0.407 e. The van der Waals surface area contributed by atoms with Gasteiger partial charge in [-0.25, -0.2) is 4.79 Å². The van der Waals surface area contributed by atoms with Crippen LogP contribution in [0.15, 0.2) is 0 Å². The summed E-state index contributed by atoms with van der Waals surface area (Å²) in [5.74, 6) is 0.274. The zero-order valence-electron chi connectivity index (χ0n) is 18.6. The molecule has 0 bridgehead atoms. The van der Waals surface area contributed by atoms with Gasteiger partial charge in [0.2, 0.25) is 0 Å². The van der Waals surface area contributed by atoms with Gasteiger partial charge in [0.15, 0.2) is 5.78 Å². The SMILES string of the molecule is CCCc1c(C(=O)N2CCC(CNC(=O)OC(C)(C)C)CC2)[nH]c(C)c1C(C)=O. The summed E-state index contributed by atoms with van der Waals surface area (Å²) < 4.78 is 5.27. The summed E-state index contributed by atoms with van der Waals surface area (Å²) in [5.41, 5.74) is 2.31. The third-order valence-electron chi connectivity index (χ3n) is 5.19. The molecular formula is C22H35N3O4. The van der Waals surface area contributed by atoms with Crippen molar-refractivity contribution in [2.75, 3.05) is 19.6 Å². The number of alkyl carbamates (subject to hydrolysis) is 1. The summed E-state index contributed by atoms with van der Waals surface area (Å²) in [7, 11) is 0. The lowest BCUT2D eigenvalue weighted by Gasteiger charge is -2.32. The molecule has 1 fully saturated rings. The number of ether oxygens (including phenoxy) is 1. The number of Topliss-reactive ketones (excluding diaryl/α,β-unsaturated/α-hetero) is 1. The van der Waals surface area contributed by atoms with Gasteiger partial charge < -0.3 is 19.9 Å². The van der Waals surface area contributed by atoms with E-state index in [9.17, 15) is 14.4 Å². The minimum absolute atomic E-state index is 0.00632. The van der Waals surface area contributed by atoms with Crippen molar-refractivity contribution in [3.8, 4) is 0 Å². The van der Waals surface area contributed by atoms with Crippen LogP contribution in [-0.4, -0.2) is 52.9 Å². The number of carbonyl (C=O) groups is 3. The second-order valence-electron chi connectivity index (χ2n) is 8.90. The van der Waals surface area contributed by atoms with Crippen LogP contribution in [0.3, 0.4) is 0 Å². The second-order valence-corrected chi connectivity index (χ2v) is 8.90. The van der Waals surface area contributed by atoms with Gasteiger partial charge in [0, 0.05) is 30.9 Å². The highest BCUT2D eigenvalue weighted by molar-refractivity contribution is 6.02. The quantitative estimate of drug-likeness (QED) is 0.703. The summed E-state index contributed by atoms with van der Waals surface area (Å²) in [5, 5.41) is 2.83. The number of likely N-dealkylation sites (tertiary alicyclic amines) is 1. The van der Waals surface area contributed by atoms with Crippen LogP contribution in [0.1, 0.15) is 86.0 Å². The van der Waals surface area contributed by atoms with E-state index < -0.39 is 11.7 Å². The number of hydrogen-bond acceptors (Lipinski definition) is 4. The maximum atomic E-state index is 13.1. The molecule has 1 aliphatic rings. The first-order valence-electron chi connectivity index (χ1n) is 10.5. The first kappa shape index (κ1) is 23.0. The van der Waals surface area contributed by atoms with Gasteiger partial charge in [0.1, 0.15) is 11.3 Å². The minimum atomic E-state index is -0.511. The van der Waals surface area contributed by atoms with Crippen molar-refractivity contribution in [3.05, 3.63) is 22.5 Å². The lowest BCUT2D eigenvalue weighted by Crippen LogP contribution is -2.42. The Morgan fingerprint density at radius 2 is 1.83 bits per heavy atom. The zero-order valence-corrected chi connectivity index (χ0v) is 18.6. The normalized spacial score (nSPS) is 15.3. The van der Waals surface area contributed by atoms with E-state index in [1.54, 1.807) is 6.92 Å². The van der Waals surface area contributed by atoms with Crippen molar-refractivity contribution in [3.63, 3.8) is 0 Å². The van der Waals surface area contributed by atoms with E-state index in [4.69, 9.17) is 4.74 Å². The van der Waals surface area contributed by atoms with Gasteiger partial charge in [0.25, 0.3) is 5.91 Å². The fourth-order valence-corrected chi connectivity index (χ4v) is 3.88. The largest absolute Gasteiger partial charge is 0.444 e. The summed E-state index contributed by atoms with van der Waals surface area (Å²) in [6.45, 7) is 12.8. The molecule has 7 heteroatoms. The average Bonchev–Trinajstić information content (AvgIpc) is 2.95. The van der Waals surface area contributed by atoms with Crippen molar-refractivity contribution in [2.24, 2.45) is 5.92 Å². The number of ketones is 1. The van der Waals surface area contributed by atoms with Crippen molar-refractivity contribution in [1.82, 2.24) is 15.2 Å². The van der Waals surface area contributed by atoms with E-state index in [0.717, 1.165) is 30.5 Å². The number of nitrogens with zero attached hydrogens (tertiary/aromatic N) is 1. The lowest BCUT2D eigenvalue weighted by atomic mass is 9.96. The molecule has 2 rings (SSSR count). The van der Waals surface area contributed by atoms with E-state index in [1.807, 2.05) is 39.5 Å². The molecule has 1 aromatic rings. The molecule has 1 aliphatic heterocycles. The number of H-pyrrole nitrogens is 1. The monoisotopic (exact) mass is 405 g/mol. The summed E-state index contributed by atoms with van der Waals surface area (Å²) in [4.78, 5) is 42.0. The summed E-state index contributed by atoms with van der Waals surface area (Å²) in [6.07, 6.45) is 2.82. The number of carbonyl (C=O) groups excluding carboxylic acids is 3. The Bertz CT molecular complexity index is 753. The molecule has 2 heterocycles. The summed E-state index contributed by atoms with van der Waals surface area (Å²) >= 11 is 0. The van der Waals surface area contributed by atoms with Crippen molar-refractivity contribution in [1.29, 1.82) is 0 Å². The minimum Gasteiger partial charge on any atom is -0.444 e. The van der Waals surface area contributed by atoms with Gasteiger partial charge in [-0.3, -0.25) is 9.59 Å². The molecule has 0 aliphatic carbocycles. The Balaban J connectivity index is 1.96. The van der Waals surface area contributed by atoms with Crippen molar-refractivity contribution < 1.29 is 19.1 Å². The number of hydrogen-bond donors (Lipinski definition) is 2. The molecule has 2 N–H and O–H groups in total. The standard InChI is InChI=1S/C22H35N3O4/c1-7-8-17-18(15(3)26)14(2)24-19(17)20(27)25-11-9-16(10-12-25)13-23-21(28)29-22(4,5)6/h16,24H,7-13H2,1-6H3,(H,23,28). The fourth-order valence-electron chi connectivity index (χ4n) is 3.88. The molecule has 0 saturated carbocycles. The third kappa shape index (κ3) is 6.08. The molecule has 29 heavy (non-hydrogen) atoms. The van der Waals surface area contributed by atoms with Gasteiger partial charge in [-0.1, -0.05) is 13.3 Å². The van der Waals surface area contributed by atoms with Gasteiger partial charge in [-0.2, -0.15) is 0 Å². The highest BCUT2D eigenvalue weighted by Crippen LogP contribution is 2.25. The van der Waals surface area contributed by atoms with Gasteiger partial charge >= 0.3 is 6.09 Å². The van der Waals surface area contributed by atoms with Gasteiger partial charge in [-0.05, 0) is 65.4 Å². The Labute approximate surface area is 173 Å². The fraction of sp³-hybridized carbons (Fsp3) is 0.682. The van der Waals surface area contributed by atoms with Crippen molar-refractivity contribution in [2.45, 2.75) is 72.8 Å². The molecular weight excluding hydrogens is 370 g/mol. The van der Waals surface area contributed by atoms with Crippen molar-refractivity contribution >= 4 is 17.8 Å². The van der Waals surface area contributed by atoms with E-state index >= 15 is 0 Å². The maximum absolute atomic E-state index is 13.1. The molecule has 0 aromatic carbocycles. The number of nitrogens with one attached hydrogen (secondary N) is 2. The van der Waals surface area contributed by atoms with E-state index in [-0.39, 0.29) is 11.7 Å². The molecule has 0 unspecified atom stereocenters. The predicted octanol–water partition coefficient (Wildman–Crippen LogP) is 3.86. The molecule has 0 radical (unpaired) electrons. The van der Waals surface area contributed by atoms with Crippen LogP contribution in [-0.2, 0) is 11.2 Å². The van der Waals surface area contributed by atoms with Crippen LogP contribution >= 0.6 is 0 Å². The zero-order chi connectivity index (χ0) is 21.8.